The molecule has 1 saturated heterocycles. The van der Waals surface area contributed by atoms with E-state index in [0.29, 0.717) is 47.9 Å². The van der Waals surface area contributed by atoms with Crippen LogP contribution in [0.5, 0.6) is 5.75 Å². The van der Waals surface area contributed by atoms with Gasteiger partial charge in [-0.2, -0.15) is 0 Å². The maximum Gasteiger partial charge on any atom is 0.274 e. The van der Waals surface area contributed by atoms with Crippen LogP contribution in [0.1, 0.15) is 29.0 Å². The lowest BCUT2D eigenvalue weighted by Gasteiger charge is -2.32. The van der Waals surface area contributed by atoms with Crippen molar-refractivity contribution in [3.8, 4) is 5.75 Å². The van der Waals surface area contributed by atoms with Crippen molar-refractivity contribution < 1.29 is 9.53 Å². The highest BCUT2D eigenvalue weighted by Crippen LogP contribution is 2.21. The Labute approximate surface area is 168 Å². The third-order valence-corrected chi connectivity index (χ3v) is 5.39. The van der Waals surface area contributed by atoms with Gasteiger partial charge in [0, 0.05) is 31.9 Å². The van der Waals surface area contributed by atoms with Gasteiger partial charge in [-0.25, -0.2) is 9.97 Å². The Balaban J connectivity index is 1.42. The lowest BCUT2D eigenvalue weighted by molar-refractivity contribution is 0.0676. The molecule has 8 heteroatoms. The zero-order valence-corrected chi connectivity index (χ0v) is 16.5. The Morgan fingerprint density at radius 3 is 2.66 bits per heavy atom. The van der Waals surface area contributed by atoms with E-state index in [1.54, 1.807) is 42.4 Å². The second-order valence-electron chi connectivity index (χ2n) is 7.36. The molecule has 0 N–H and O–H groups in total. The van der Waals surface area contributed by atoms with Crippen LogP contribution in [-0.2, 0) is 6.54 Å². The molecular formula is C21H23N5O3. The molecule has 0 saturated carbocycles. The molecule has 1 aliphatic rings. The van der Waals surface area contributed by atoms with E-state index in [1.165, 1.54) is 6.20 Å². The van der Waals surface area contributed by atoms with Gasteiger partial charge in [-0.3, -0.25) is 19.1 Å². The highest BCUT2D eigenvalue weighted by molar-refractivity contribution is 5.92. The third-order valence-electron chi connectivity index (χ3n) is 5.39. The average Bonchev–Trinajstić information content (AvgIpc) is 2.76. The number of carbonyl (C=O) groups is 1. The molecule has 2 aromatic heterocycles. The first kappa shape index (κ1) is 19.0. The van der Waals surface area contributed by atoms with Crippen molar-refractivity contribution >= 4 is 16.8 Å². The lowest BCUT2D eigenvalue weighted by atomic mass is 9.96. The Hall–Kier alpha value is -3.29. The van der Waals surface area contributed by atoms with E-state index in [1.807, 2.05) is 11.8 Å². The van der Waals surface area contributed by atoms with Gasteiger partial charge in [0.1, 0.15) is 11.4 Å². The first-order valence-corrected chi connectivity index (χ1v) is 9.66. The number of ether oxygens (including phenoxy) is 1. The number of hydrogen-bond donors (Lipinski definition) is 0. The predicted octanol–water partition coefficient (Wildman–Crippen LogP) is 2.06. The number of aryl methyl sites for hydroxylation is 1. The lowest BCUT2D eigenvalue weighted by Crippen LogP contribution is -2.40. The summed E-state index contributed by atoms with van der Waals surface area (Å²) in [6, 6.07) is 5.29. The van der Waals surface area contributed by atoms with Gasteiger partial charge in [0.2, 0.25) is 0 Å². The average molecular weight is 393 g/mol. The largest absolute Gasteiger partial charge is 0.497 e. The van der Waals surface area contributed by atoms with Crippen molar-refractivity contribution in [1.82, 2.24) is 24.4 Å². The number of aromatic nitrogens is 4. The molecule has 3 aromatic rings. The summed E-state index contributed by atoms with van der Waals surface area (Å²) in [5.41, 5.74) is 1.74. The third kappa shape index (κ3) is 3.96. The van der Waals surface area contributed by atoms with Crippen molar-refractivity contribution in [2.24, 2.45) is 5.92 Å². The van der Waals surface area contributed by atoms with E-state index in [4.69, 9.17) is 4.74 Å². The van der Waals surface area contributed by atoms with Crippen molar-refractivity contribution in [2.75, 3.05) is 20.2 Å². The molecule has 29 heavy (non-hydrogen) atoms. The molecule has 0 atom stereocenters. The minimum absolute atomic E-state index is 0.0499. The Bertz CT molecular complexity index is 1090. The van der Waals surface area contributed by atoms with Crippen LogP contribution in [0.25, 0.3) is 10.9 Å². The zero-order chi connectivity index (χ0) is 20.4. The fourth-order valence-electron chi connectivity index (χ4n) is 3.66. The molecule has 0 aliphatic carbocycles. The predicted molar refractivity (Wildman–Crippen MR) is 108 cm³/mol. The second kappa shape index (κ2) is 7.98. The molecule has 0 spiro atoms. The monoisotopic (exact) mass is 393 g/mol. The van der Waals surface area contributed by atoms with Gasteiger partial charge in [0.05, 0.1) is 36.2 Å². The normalized spacial score (nSPS) is 14.9. The number of fused-ring (bicyclic) bond motifs is 1. The minimum atomic E-state index is -0.0885. The van der Waals surface area contributed by atoms with E-state index in [9.17, 15) is 9.59 Å². The van der Waals surface area contributed by atoms with Crippen molar-refractivity contribution in [3.63, 3.8) is 0 Å². The van der Waals surface area contributed by atoms with E-state index in [-0.39, 0.29) is 11.5 Å². The number of hydrogen-bond acceptors (Lipinski definition) is 6. The molecule has 1 amide bonds. The van der Waals surface area contributed by atoms with Crippen molar-refractivity contribution in [3.05, 3.63) is 58.7 Å². The van der Waals surface area contributed by atoms with Crippen LogP contribution in [0, 0.1) is 12.8 Å². The molecule has 0 bridgehead atoms. The number of piperidine rings is 1. The Morgan fingerprint density at radius 1 is 1.17 bits per heavy atom. The van der Waals surface area contributed by atoms with E-state index >= 15 is 0 Å². The highest BCUT2D eigenvalue weighted by Gasteiger charge is 2.25. The second-order valence-corrected chi connectivity index (χ2v) is 7.36. The first-order valence-electron chi connectivity index (χ1n) is 9.66. The zero-order valence-electron chi connectivity index (χ0n) is 16.5. The summed E-state index contributed by atoms with van der Waals surface area (Å²) in [7, 11) is 1.59. The SMILES string of the molecule is COc1ccc2c(=O)n(CC3CCN(C(=O)c4cnc(C)cn4)CC3)cnc2c1. The summed E-state index contributed by atoms with van der Waals surface area (Å²) >= 11 is 0. The van der Waals surface area contributed by atoms with Gasteiger partial charge in [-0.05, 0) is 37.8 Å². The topological polar surface area (TPSA) is 90.2 Å². The molecule has 4 rings (SSSR count). The number of methoxy groups -OCH3 is 1. The number of amides is 1. The van der Waals surface area contributed by atoms with E-state index in [2.05, 4.69) is 15.0 Å². The van der Waals surface area contributed by atoms with Crippen LogP contribution >= 0.6 is 0 Å². The number of likely N-dealkylation sites (tertiary alicyclic amines) is 1. The fourth-order valence-corrected chi connectivity index (χ4v) is 3.66. The molecule has 8 nitrogen and oxygen atoms in total. The standard InChI is InChI=1S/C21H23N5O3/c1-14-10-23-19(11-22-14)21(28)25-7-5-15(6-8-25)12-26-13-24-18-9-16(29-2)3-4-17(18)20(26)27/h3-4,9-11,13,15H,5-8,12H2,1-2H3. The summed E-state index contributed by atoms with van der Waals surface area (Å²) < 4.78 is 6.86. The van der Waals surface area contributed by atoms with Crippen LogP contribution in [0.15, 0.2) is 41.7 Å². The fraction of sp³-hybridized carbons (Fsp3) is 0.381. The van der Waals surface area contributed by atoms with Crippen LogP contribution in [-0.4, -0.2) is 50.5 Å². The summed E-state index contributed by atoms with van der Waals surface area (Å²) in [6.07, 6.45) is 6.40. The van der Waals surface area contributed by atoms with E-state index in [0.717, 1.165) is 18.5 Å². The summed E-state index contributed by atoms with van der Waals surface area (Å²) in [5.74, 6) is 0.908. The van der Waals surface area contributed by atoms with Gasteiger partial charge >= 0.3 is 0 Å². The van der Waals surface area contributed by atoms with Gasteiger partial charge in [-0.1, -0.05) is 0 Å². The minimum Gasteiger partial charge on any atom is -0.497 e. The van der Waals surface area contributed by atoms with Crippen LogP contribution < -0.4 is 10.3 Å². The Kier molecular flexibility index (Phi) is 5.24. The maximum absolute atomic E-state index is 12.8. The molecule has 0 unspecified atom stereocenters. The molecule has 1 aromatic carbocycles. The van der Waals surface area contributed by atoms with Gasteiger partial charge < -0.3 is 9.64 Å². The van der Waals surface area contributed by atoms with Gasteiger partial charge in [-0.15, -0.1) is 0 Å². The van der Waals surface area contributed by atoms with E-state index < -0.39 is 0 Å². The Morgan fingerprint density at radius 2 is 1.97 bits per heavy atom. The van der Waals surface area contributed by atoms with Crippen molar-refractivity contribution in [2.45, 2.75) is 26.3 Å². The maximum atomic E-state index is 12.8. The number of benzene rings is 1. The van der Waals surface area contributed by atoms with Crippen LogP contribution in [0.4, 0.5) is 0 Å². The smallest absolute Gasteiger partial charge is 0.274 e. The van der Waals surface area contributed by atoms with Crippen LogP contribution in [0.2, 0.25) is 0 Å². The summed E-state index contributed by atoms with van der Waals surface area (Å²) in [5, 5.41) is 0.582. The summed E-state index contributed by atoms with van der Waals surface area (Å²) in [4.78, 5) is 39.9. The number of carbonyl (C=O) groups excluding carboxylic acids is 1. The molecule has 1 fully saturated rings. The van der Waals surface area contributed by atoms with Gasteiger partial charge in [0.25, 0.3) is 11.5 Å². The summed E-state index contributed by atoms with van der Waals surface area (Å²) in [6.45, 7) is 3.73. The van der Waals surface area contributed by atoms with Crippen molar-refractivity contribution in [1.29, 1.82) is 0 Å². The molecular weight excluding hydrogens is 370 g/mol. The van der Waals surface area contributed by atoms with Crippen LogP contribution in [0.3, 0.4) is 0 Å². The first-order chi connectivity index (χ1) is 14.0. The molecule has 0 radical (unpaired) electrons. The molecule has 3 heterocycles. The highest BCUT2D eigenvalue weighted by atomic mass is 16.5. The molecule has 150 valence electrons. The number of nitrogens with zero attached hydrogens (tertiary/aromatic N) is 5. The van der Waals surface area contributed by atoms with Gasteiger partial charge in [0.15, 0.2) is 0 Å². The molecule has 1 aliphatic heterocycles. The number of rotatable bonds is 4. The quantitative estimate of drug-likeness (QED) is 0.674.